The van der Waals surface area contributed by atoms with Crippen LogP contribution in [-0.4, -0.2) is 16.7 Å². The Labute approximate surface area is 105 Å². The maximum atomic E-state index is 5.52. The zero-order valence-electron chi connectivity index (χ0n) is 9.93. The van der Waals surface area contributed by atoms with Crippen LogP contribution >= 0.6 is 11.3 Å². The Kier molecular flexibility index (Phi) is 4.28. The van der Waals surface area contributed by atoms with Crippen molar-refractivity contribution in [3.63, 3.8) is 0 Å². The predicted octanol–water partition coefficient (Wildman–Crippen LogP) is 2.72. The first kappa shape index (κ1) is 12.3. The van der Waals surface area contributed by atoms with E-state index in [1.54, 1.807) is 11.3 Å². The molecule has 0 amide bonds. The van der Waals surface area contributed by atoms with E-state index in [9.17, 15) is 0 Å². The van der Waals surface area contributed by atoms with Crippen LogP contribution in [0, 0.1) is 5.92 Å². The number of nitrogens with two attached hydrogens (primary N) is 1. The van der Waals surface area contributed by atoms with E-state index >= 15 is 0 Å². The van der Waals surface area contributed by atoms with Crippen molar-refractivity contribution in [2.24, 2.45) is 11.7 Å². The van der Waals surface area contributed by atoms with Crippen LogP contribution in [0.25, 0.3) is 10.7 Å². The minimum absolute atomic E-state index is 0.608. The summed E-state index contributed by atoms with van der Waals surface area (Å²) in [5, 5.41) is 5.99. The molecule has 0 fully saturated rings. The number of aryl methyl sites for hydroxylation is 1. The van der Waals surface area contributed by atoms with Gasteiger partial charge < -0.3 is 10.3 Å². The maximum absolute atomic E-state index is 5.52. The van der Waals surface area contributed by atoms with Crippen LogP contribution in [0.1, 0.15) is 25.7 Å². The van der Waals surface area contributed by atoms with Gasteiger partial charge in [0, 0.05) is 6.42 Å². The molecule has 0 aromatic carbocycles. The van der Waals surface area contributed by atoms with Gasteiger partial charge in [-0.3, -0.25) is 0 Å². The molecule has 1 atom stereocenters. The Bertz CT molecular complexity index is 438. The number of hydrogen-bond donors (Lipinski definition) is 1. The van der Waals surface area contributed by atoms with E-state index < -0.39 is 0 Å². The number of rotatable bonds is 6. The molecular weight excluding hydrogens is 234 g/mol. The maximum Gasteiger partial charge on any atom is 0.226 e. The highest BCUT2D eigenvalue weighted by Gasteiger charge is 2.10. The lowest BCUT2D eigenvalue weighted by Gasteiger charge is -2.06. The Morgan fingerprint density at radius 2 is 2.35 bits per heavy atom. The summed E-state index contributed by atoms with van der Waals surface area (Å²) in [4.78, 5) is 5.44. The third-order valence-electron chi connectivity index (χ3n) is 2.72. The van der Waals surface area contributed by atoms with E-state index in [0.717, 1.165) is 36.6 Å². The summed E-state index contributed by atoms with van der Waals surface area (Å²) < 4.78 is 5.23. The quantitative estimate of drug-likeness (QED) is 0.857. The average Bonchev–Trinajstić information content (AvgIpc) is 2.97. The molecule has 4 nitrogen and oxygen atoms in total. The fraction of sp³-hybridized carbons (Fsp3) is 0.500. The summed E-state index contributed by atoms with van der Waals surface area (Å²) in [6.07, 6.45) is 2.93. The zero-order valence-corrected chi connectivity index (χ0v) is 10.7. The van der Waals surface area contributed by atoms with Gasteiger partial charge in [0.1, 0.15) is 0 Å². The first-order valence-corrected chi connectivity index (χ1v) is 6.74. The molecule has 2 N–H and O–H groups in total. The molecule has 0 aliphatic heterocycles. The second kappa shape index (κ2) is 5.93. The molecule has 0 radical (unpaired) electrons. The smallest absolute Gasteiger partial charge is 0.226 e. The molecule has 0 aliphatic carbocycles. The SMILES string of the molecule is CC(CCN)CCc1nc(-c2cccs2)no1. The molecule has 2 aromatic heterocycles. The van der Waals surface area contributed by atoms with Crippen molar-refractivity contribution in [3.05, 3.63) is 23.4 Å². The summed E-state index contributed by atoms with van der Waals surface area (Å²) in [5.74, 6) is 2.02. The van der Waals surface area contributed by atoms with E-state index in [1.165, 1.54) is 0 Å². The van der Waals surface area contributed by atoms with Crippen LogP contribution in [0.5, 0.6) is 0 Å². The summed E-state index contributed by atoms with van der Waals surface area (Å²) in [5.41, 5.74) is 5.52. The van der Waals surface area contributed by atoms with Crippen molar-refractivity contribution >= 4 is 11.3 Å². The lowest BCUT2D eigenvalue weighted by molar-refractivity contribution is 0.362. The largest absolute Gasteiger partial charge is 0.339 e. The van der Waals surface area contributed by atoms with E-state index in [1.807, 2.05) is 17.5 Å². The Morgan fingerprint density at radius 1 is 1.47 bits per heavy atom. The molecule has 0 saturated carbocycles. The van der Waals surface area contributed by atoms with E-state index in [2.05, 4.69) is 17.1 Å². The van der Waals surface area contributed by atoms with E-state index in [4.69, 9.17) is 10.3 Å². The molecule has 1 unspecified atom stereocenters. The molecule has 2 heterocycles. The molecule has 0 spiro atoms. The molecular formula is C12H17N3OS. The second-order valence-corrected chi connectivity index (χ2v) is 5.16. The van der Waals surface area contributed by atoms with Crippen LogP contribution in [0.4, 0.5) is 0 Å². The summed E-state index contributed by atoms with van der Waals surface area (Å²) in [6, 6.07) is 3.98. The average molecular weight is 251 g/mol. The van der Waals surface area contributed by atoms with Gasteiger partial charge in [0.25, 0.3) is 0 Å². The predicted molar refractivity (Wildman–Crippen MR) is 68.8 cm³/mol. The first-order valence-electron chi connectivity index (χ1n) is 5.86. The van der Waals surface area contributed by atoms with Gasteiger partial charge in [0.15, 0.2) is 0 Å². The Hall–Kier alpha value is -1.20. The summed E-state index contributed by atoms with van der Waals surface area (Å²) >= 11 is 1.62. The van der Waals surface area contributed by atoms with Gasteiger partial charge in [-0.05, 0) is 36.8 Å². The minimum Gasteiger partial charge on any atom is -0.339 e. The highest BCUT2D eigenvalue weighted by atomic mass is 32.1. The van der Waals surface area contributed by atoms with Crippen molar-refractivity contribution in [3.8, 4) is 10.7 Å². The molecule has 17 heavy (non-hydrogen) atoms. The van der Waals surface area contributed by atoms with Crippen molar-refractivity contribution in [2.75, 3.05) is 6.54 Å². The van der Waals surface area contributed by atoms with Crippen molar-refractivity contribution in [1.29, 1.82) is 0 Å². The molecule has 0 bridgehead atoms. The van der Waals surface area contributed by atoms with E-state index in [0.29, 0.717) is 11.7 Å². The van der Waals surface area contributed by atoms with Gasteiger partial charge in [-0.1, -0.05) is 18.1 Å². The van der Waals surface area contributed by atoms with Crippen LogP contribution in [0.15, 0.2) is 22.0 Å². The Balaban J connectivity index is 1.91. The van der Waals surface area contributed by atoms with Crippen LogP contribution in [-0.2, 0) is 6.42 Å². The minimum atomic E-state index is 0.608. The highest BCUT2D eigenvalue weighted by molar-refractivity contribution is 7.13. The van der Waals surface area contributed by atoms with Crippen molar-refractivity contribution < 1.29 is 4.52 Å². The fourth-order valence-corrected chi connectivity index (χ4v) is 2.31. The van der Waals surface area contributed by atoms with Crippen LogP contribution in [0.2, 0.25) is 0 Å². The Morgan fingerprint density at radius 3 is 3.06 bits per heavy atom. The van der Waals surface area contributed by atoms with Gasteiger partial charge >= 0.3 is 0 Å². The monoisotopic (exact) mass is 251 g/mol. The third kappa shape index (κ3) is 3.38. The standard InChI is InChI=1S/C12H17N3OS/c1-9(6-7-13)4-5-11-14-12(15-16-11)10-3-2-8-17-10/h2-3,8-9H,4-7,13H2,1H3. The highest BCUT2D eigenvalue weighted by Crippen LogP contribution is 2.22. The van der Waals surface area contributed by atoms with Gasteiger partial charge in [0.05, 0.1) is 4.88 Å². The number of thiophene rings is 1. The number of aromatic nitrogens is 2. The molecule has 2 aromatic rings. The van der Waals surface area contributed by atoms with Crippen LogP contribution in [0.3, 0.4) is 0 Å². The zero-order chi connectivity index (χ0) is 12.1. The van der Waals surface area contributed by atoms with Gasteiger partial charge in [-0.25, -0.2) is 0 Å². The lowest BCUT2D eigenvalue weighted by atomic mass is 10.0. The summed E-state index contributed by atoms with van der Waals surface area (Å²) in [7, 11) is 0. The first-order chi connectivity index (χ1) is 8.29. The normalized spacial score (nSPS) is 12.8. The topological polar surface area (TPSA) is 64.9 Å². The van der Waals surface area contributed by atoms with Crippen molar-refractivity contribution in [1.82, 2.24) is 10.1 Å². The fourth-order valence-electron chi connectivity index (χ4n) is 1.66. The van der Waals surface area contributed by atoms with Gasteiger partial charge in [0.2, 0.25) is 11.7 Å². The third-order valence-corrected chi connectivity index (χ3v) is 3.59. The number of hydrogen-bond acceptors (Lipinski definition) is 5. The molecule has 92 valence electrons. The second-order valence-electron chi connectivity index (χ2n) is 4.21. The van der Waals surface area contributed by atoms with E-state index in [-0.39, 0.29) is 0 Å². The van der Waals surface area contributed by atoms with Crippen LogP contribution < -0.4 is 5.73 Å². The lowest BCUT2D eigenvalue weighted by Crippen LogP contribution is -2.06. The molecule has 0 saturated heterocycles. The summed E-state index contributed by atoms with van der Waals surface area (Å²) in [6.45, 7) is 2.94. The van der Waals surface area contributed by atoms with Crippen molar-refractivity contribution in [2.45, 2.75) is 26.2 Å². The molecule has 5 heteroatoms. The van der Waals surface area contributed by atoms with Gasteiger partial charge in [-0.2, -0.15) is 4.98 Å². The number of nitrogens with zero attached hydrogens (tertiary/aromatic N) is 2. The van der Waals surface area contributed by atoms with Gasteiger partial charge in [-0.15, -0.1) is 11.3 Å². The molecule has 0 aliphatic rings. The molecule has 2 rings (SSSR count).